The number of methoxy groups -OCH3 is 2. The van der Waals surface area contributed by atoms with E-state index in [-0.39, 0.29) is 49.5 Å². The topological polar surface area (TPSA) is 101 Å². The Kier molecular flexibility index (Phi) is 7.90. The summed E-state index contributed by atoms with van der Waals surface area (Å²) in [4.78, 5) is 38.5. The molecular formula is C22H25F2N3O6. The van der Waals surface area contributed by atoms with Crippen molar-refractivity contribution in [3.8, 4) is 5.75 Å². The van der Waals surface area contributed by atoms with Crippen molar-refractivity contribution in [2.75, 3.05) is 40.5 Å². The molecule has 0 bridgehead atoms. The summed E-state index contributed by atoms with van der Waals surface area (Å²) in [5.41, 5.74) is -1.40. The van der Waals surface area contributed by atoms with E-state index in [2.05, 4.69) is 0 Å². The van der Waals surface area contributed by atoms with Crippen molar-refractivity contribution >= 4 is 11.7 Å². The third-order valence-electron chi connectivity index (χ3n) is 5.35. The van der Waals surface area contributed by atoms with Crippen LogP contribution in [-0.4, -0.2) is 71.9 Å². The summed E-state index contributed by atoms with van der Waals surface area (Å²) in [6, 6.07) is 3.03. The minimum absolute atomic E-state index is 0.0589. The summed E-state index contributed by atoms with van der Waals surface area (Å²) in [6.45, 7) is 1.15. The number of halogens is 2. The van der Waals surface area contributed by atoms with Gasteiger partial charge in [-0.25, -0.2) is 8.78 Å². The first-order chi connectivity index (χ1) is 15.8. The second-order valence-corrected chi connectivity index (χ2v) is 7.48. The van der Waals surface area contributed by atoms with Crippen LogP contribution in [0, 0.1) is 11.6 Å². The smallest absolute Gasteiger partial charge is 0.288 e. The highest BCUT2D eigenvalue weighted by Crippen LogP contribution is 2.23. The average molecular weight is 465 g/mol. The van der Waals surface area contributed by atoms with Crippen molar-refractivity contribution < 1.29 is 33.0 Å². The number of hydrazine groups is 1. The molecule has 0 saturated carbocycles. The van der Waals surface area contributed by atoms with Gasteiger partial charge in [0.05, 0.1) is 32.0 Å². The fourth-order valence-corrected chi connectivity index (χ4v) is 3.60. The maximum atomic E-state index is 13.9. The van der Waals surface area contributed by atoms with E-state index in [0.717, 1.165) is 12.1 Å². The van der Waals surface area contributed by atoms with Crippen LogP contribution >= 0.6 is 0 Å². The van der Waals surface area contributed by atoms with Crippen LogP contribution in [0.15, 0.2) is 29.2 Å². The Morgan fingerprint density at radius 3 is 2.48 bits per heavy atom. The van der Waals surface area contributed by atoms with Crippen LogP contribution in [0.3, 0.4) is 0 Å². The van der Waals surface area contributed by atoms with Crippen molar-refractivity contribution in [2.24, 2.45) is 0 Å². The minimum Gasteiger partial charge on any atom is -0.503 e. The molecular weight excluding hydrogens is 440 g/mol. The molecule has 1 aliphatic heterocycles. The molecule has 1 aromatic carbocycles. The molecule has 178 valence electrons. The van der Waals surface area contributed by atoms with Gasteiger partial charge in [-0.3, -0.25) is 19.4 Å². The van der Waals surface area contributed by atoms with Crippen molar-refractivity contribution in [3.63, 3.8) is 0 Å². The maximum absolute atomic E-state index is 13.9. The van der Waals surface area contributed by atoms with Crippen molar-refractivity contribution in [1.82, 2.24) is 14.6 Å². The number of hydrogen-bond acceptors (Lipinski definition) is 7. The lowest BCUT2D eigenvalue weighted by Crippen LogP contribution is -2.54. The average Bonchev–Trinajstić information content (AvgIpc) is 2.78. The Labute approximate surface area is 188 Å². The van der Waals surface area contributed by atoms with Crippen LogP contribution in [0.2, 0.25) is 0 Å². The number of ketones is 1. The lowest BCUT2D eigenvalue weighted by atomic mass is 10.0. The summed E-state index contributed by atoms with van der Waals surface area (Å²) < 4.78 is 38.4. The van der Waals surface area contributed by atoms with Gasteiger partial charge in [0.25, 0.3) is 5.91 Å². The van der Waals surface area contributed by atoms with Crippen LogP contribution in [0.25, 0.3) is 0 Å². The Bertz CT molecular complexity index is 1100. The van der Waals surface area contributed by atoms with Gasteiger partial charge in [-0.2, -0.15) is 5.01 Å². The summed E-state index contributed by atoms with van der Waals surface area (Å²) in [5, 5.41) is 13.5. The van der Waals surface area contributed by atoms with Crippen molar-refractivity contribution in [2.45, 2.75) is 19.5 Å². The molecule has 0 unspecified atom stereocenters. The van der Waals surface area contributed by atoms with Gasteiger partial charge >= 0.3 is 0 Å². The van der Waals surface area contributed by atoms with Crippen molar-refractivity contribution in [3.05, 3.63) is 63.1 Å². The second-order valence-electron chi connectivity index (χ2n) is 7.48. The third-order valence-corrected chi connectivity index (χ3v) is 5.35. The lowest BCUT2D eigenvalue weighted by Gasteiger charge is -2.40. The molecule has 0 radical (unpaired) electrons. The number of aromatic hydroxyl groups is 1. The molecule has 1 amide bonds. The van der Waals surface area contributed by atoms with E-state index < -0.39 is 34.5 Å². The molecule has 0 spiro atoms. The number of hydrogen-bond donors (Lipinski definition) is 1. The highest BCUT2D eigenvalue weighted by atomic mass is 19.1. The molecule has 2 aromatic rings. The van der Waals surface area contributed by atoms with E-state index in [9.17, 15) is 28.3 Å². The first kappa shape index (κ1) is 24.5. The number of nitrogens with zero attached hydrogens (tertiary/aromatic N) is 3. The molecule has 1 aliphatic rings. The number of carbonyl (C=O) groups excluding carboxylic acids is 2. The van der Waals surface area contributed by atoms with Crippen LogP contribution in [0.1, 0.15) is 32.8 Å². The zero-order valence-corrected chi connectivity index (χ0v) is 18.3. The minimum atomic E-state index is -0.976. The van der Waals surface area contributed by atoms with Gasteiger partial charge in [0.15, 0.2) is 17.2 Å². The standard InChI is InChI=1S/C22H25F2N3O6/c1-32-9-7-26-13-25-12-16(18(28)6-4-14-3-5-15(23)11-17(14)24)20(29)21(30)19(25)22(31)27(26)8-10-33-2/h3,5,11-12,30H,4,6-10,13H2,1-2H3. The lowest BCUT2D eigenvalue weighted by molar-refractivity contribution is -0.0627. The number of Topliss-reactive ketones (excluding diaryl/α,β-unsaturated/α-hetero) is 1. The largest absolute Gasteiger partial charge is 0.503 e. The molecule has 0 saturated heterocycles. The van der Waals surface area contributed by atoms with E-state index in [4.69, 9.17) is 9.47 Å². The van der Waals surface area contributed by atoms with Gasteiger partial charge in [0, 0.05) is 39.4 Å². The highest BCUT2D eigenvalue weighted by molar-refractivity contribution is 5.99. The van der Waals surface area contributed by atoms with E-state index in [1.807, 2.05) is 0 Å². The monoisotopic (exact) mass is 465 g/mol. The van der Waals surface area contributed by atoms with Crippen LogP contribution in [-0.2, 0) is 22.6 Å². The molecule has 0 atom stereocenters. The molecule has 1 N–H and O–H groups in total. The quantitative estimate of drug-likeness (QED) is 0.532. The number of ether oxygens (including phenoxy) is 2. The Morgan fingerprint density at radius 1 is 1.12 bits per heavy atom. The van der Waals surface area contributed by atoms with Gasteiger partial charge in [-0.1, -0.05) is 6.07 Å². The van der Waals surface area contributed by atoms with Gasteiger partial charge in [-0.15, -0.1) is 0 Å². The molecule has 3 rings (SSSR count). The fraction of sp³-hybridized carbons (Fsp3) is 0.409. The van der Waals surface area contributed by atoms with Crippen LogP contribution < -0.4 is 5.43 Å². The first-order valence-corrected chi connectivity index (χ1v) is 10.3. The van der Waals surface area contributed by atoms with Crippen molar-refractivity contribution in [1.29, 1.82) is 0 Å². The molecule has 1 aromatic heterocycles. The maximum Gasteiger partial charge on any atom is 0.288 e. The number of pyridine rings is 1. The van der Waals surface area contributed by atoms with Crippen LogP contribution in [0.4, 0.5) is 8.78 Å². The Hall–Kier alpha value is -3.15. The normalized spacial score (nSPS) is 13.9. The van der Waals surface area contributed by atoms with Gasteiger partial charge in [0.1, 0.15) is 11.6 Å². The third kappa shape index (κ3) is 5.27. The van der Waals surface area contributed by atoms with E-state index >= 15 is 0 Å². The second kappa shape index (κ2) is 10.6. The zero-order valence-electron chi connectivity index (χ0n) is 18.3. The SMILES string of the molecule is COCCN1Cn2cc(C(=O)CCc3ccc(F)cc3F)c(=O)c(O)c2C(=O)N1CCOC. The predicted molar refractivity (Wildman–Crippen MR) is 113 cm³/mol. The molecule has 0 fully saturated rings. The summed E-state index contributed by atoms with van der Waals surface area (Å²) in [7, 11) is 3.00. The molecule has 2 heterocycles. The number of aromatic nitrogens is 1. The number of benzene rings is 1. The molecule has 0 aliphatic carbocycles. The first-order valence-electron chi connectivity index (χ1n) is 10.3. The molecule has 11 heteroatoms. The Morgan fingerprint density at radius 2 is 1.82 bits per heavy atom. The summed E-state index contributed by atoms with van der Waals surface area (Å²) in [5.74, 6) is -3.60. The number of rotatable bonds is 10. The highest BCUT2D eigenvalue weighted by Gasteiger charge is 2.34. The van der Waals surface area contributed by atoms with Gasteiger partial charge in [-0.05, 0) is 18.1 Å². The molecule has 33 heavy (non-hydrogen) atoms. The summed E-state index contributed by atoms with van der Waals surface area (Å²) >= 11 is 0. The number of amides is 1. The molecule has 9 nitrogen and oxygen atoms in total. The van der Waals surface area contributed by atoms with E-state index in [1.165, 1.54) is 36.1 Å². The summed E-state index contributed by atoms with van der Waals surface area (Å²) in [6.07, 6.45) is 0.931. The zero-order chi connectivity index (χ0) is 24.1. The predicted octanol–water partition coefficient (Wildman–Crippen LogP) is 1.57. The van der Waals surface area contributed by atoms with Gasteiger partial charge in [0.2, 0.25) is 5.43 Å². The number of fused-ring (bicyclic) bond motifs is 1. The van der Waals surface area contributed by atoms with Crippen LogP contribution in [0.5, 0.6) is 5.75 Å². The number of aryl methyl sites for hydroxylation is 1. The fourth-order valence-electron chi connectivity index (χ4n) is 3.60. The Balaban J connectivity index is 1.89. The van der Waals surface area contributed by atoms with Gasteiger partial charge < -0.3 is 19.1 Å². The van der Waals surface area contributed by atoms with E-state index in [0.29, 0.717) is 13.2 Å². The number of carbonyl (C=O) groups is 2. The van der Waals surface area contributed by atoms with E-state index in [1.54, 1.807) is 5.01 Å².